The zero-order chi connectivity index (χ0) is 13.3. The summed E-state index contributed by atoms with van der Waals surface area (Å²) >= 11 is 0. The molecule has 19 heavy (non-hydrogen) atoms. The van der Waals surface area contributed by atoms with Crippen LogP contribution in [0.15, 0.2) is 24.3 Å². The zero-order valence-corrected chi connectivity index (χ0v) is 12.1. The van der Waals surface area contributed by atoms with Gasteiger partial charge in [0.05, 0.1) is 5.60 Å². The van der Waals surface area contributed by atoms with Gasteiger partial charge in [0, 0.05) is 0 Å². The monoisotopic (exact) mass is 258 g/mol. The van der Waals surface area contributed by atoms with Gasteiger partial charge < -0.3 is 5.11 Å². The van der Waals surface area contributed by atoms with Crippen LogP contribution in [0.1, 0.15) is 75.3 Å². The quantitative estimate of drug-likeness (QED) is 0.830. The second kappa shape index (κ2) is 5.28. The Morgan fingerprint density at radius 1 is 1.21 bits per heavy atom. The fourth-order valence-electron chi connectivity index (χ4n) is 3.80. The first-order valence-corrected chi connectivity index (χ1v) is 8.04. The van der Waals surface area contributed by atoms with Crippen LogP contribution in [-0.2, 0) is 5.60 Å². The molecule has 1 aromatic rings. The van der Waals surface area contributed by atoms with E-state index in [2.05, 4.69) is 31.2 Å². The van der Waals surface area contributed by atoms with Crippen molar-refractivity contribution in [2.75, 3.05) is 0 Å². The predicted octanol–water partition coefficient (Wildman–Crippen LogP) is 4.74. The number of rotatable bonds is 3. The summed E-state index contributed by atoms with van der Waals surface area (Å²) < 4.78 is 0. The number of benzene rings is 1. The van der Waals surface area contributed by atoms with Crippen molar-refractivity contribution in [2.24, 2.45) is 5.92 Å². The molecule has 104 valence electrons. The first kappa shape index (κ1) is 13.2. The molecule has 3 rings (SSSR count). The molecule has 0 bridgehead atoms. The fraction of sp³-hybridized carbons (Fsp3) is 0.667. The topological polar surface area (TPSA) is 20.2 Å². The van der Waals surface area contributed by atoms with Crippen molar-refractivity contribution in [3.8, 4) is 0 Å². The lowest BCUT2D eigenvalue weighted by atomic mass is 9.72. The van der Waals surface area contributed by atoms with Crippen molar-refractivity contribution < 1.29 is 5.11 Å². The summed E-state index contributed by atoms with van der Waals surface area (Å²) in [6, 6.07) is 8.83. The van der Waals surface area contributed by atoms with Crippen LogP contribution in [0.25, 0.3) is 0 Å². The first-order valence-electron chi connectivity index (χ1n) is 8.04. The van der Waals surface area contributed by atoms with Gasteiger partial charge in [0.1, 0.15) is 0 Å². The minimum atomic E-state index is -0.557. The summed E-state index contributed by atoms with van der Waals surface area (Å²) in [6.07, 6.45) is 9.60. The number of aliphatic hydroxyl groups is 1. The number of hydrogen-bond acceptors (Lipinski definition) is 1. The normalized spacial score (nSPS) is 32.0. The van der Waals surface area contributed by atoms with Crippen LogP contribution in [0, 0.1) is 5.92 Å². The van der Waals surface area contributed by atoms with Gasteiger partial charge in [-0.05, 0) is 55.1 Å². The molecule has 1 heteroatoms. The lowest BCUT2D eigenvalue weighted by Gasteiger charge is -2.38. The van der Waals surface area contributed by atoms with E-state index >= 15 is 0 Å². The van der Waals surface area contributed by atoms with Gasteiger partial charge in [-0.2, -0.15) is 0 Å². The average Bonchev–Trinajstić information content (AvgIpc) is 2.37. The fourth-order valence-corrected chi connectivity index (χ4v) is 3.80. The molecule has 2 atom stereocenters. The SMILES string of the molecule is CCC1CCCC(O)(c2cccc(C3CCC3)c2)C1. The van der Waals surface area contributed by atoms with Crippen LogP contribution in [-0.4, -0.2) is 5.11 Å². The third-order valence-corrected chi connectivity index (χ3v) is 5.41. The van der Waals surface area contributed by atoms with E-state index in [-0.39, 0.29) is 0 Å². The van der Waals surface area contributed by atoms with Gasteiger partial charge in [-0.25, -0.2) is 0 Å². The smallest absolute Gasteiger partial charge is 0.0899 e. The zero-order valence-electron chi connectivity index (χ0n) is 12.1. The van der Waals surface area contributed by atoms with E-state index in [0.717, 1.165) is 18.8 Å². The van der Waals surface area contributed by atoms with Gasteiger partial charge in [0.25, 0.3) is 0 Å². The molecule has 0 amide bonds. The maximum Gasteiger partial charge on any atom is 0.0899 e. The second-order valence-corrected chi connectivity index (χ2v) is 6.66. The van der Waals surface area contributed by atoms with Crippen LogP contribution in [0.3, 0.4) is 0 Å². The van der Waals surface area contributed by atoms with Crippen LogP contribution in [0.4, 0.5) is 0 Å². The van der Waals surface area contributed by atoms with E-state index in [1.54, 1.807) is 0 Å². The van der Waals surface area contributed by atoms with Gasteiger partial charge in [-0.15, -0.1) is 0 Å². The van der Waals surface area contributed by atoms with Crippen LogP contribution in [0.2, 0.25) is 0 Å². The molecule has 0 radical (unpaired) electrons. The van der Waals surface area contributed by atoms with Gasteiger partial charge in [-0.3, -0.25) is 0 Å². The number of hydrogen-bond donors (Lipinski definition) is 1. The summed E-state index contributed by atoms with van der Waals surface area (Å²) in [5.74, 6) is 1.46. The van der Waals surface area contributed by atoms with E-state index in [1.807, 2.05) is 0 Å². The van der Waals surface area contributed by atoms with Crippen molar-refractivity contribution in [3.05, 3.63) is 35.4 Å². The Labute approximate surface area is 117 Å². The summed E-state index contributed by atoms with van der Waals surface area (Å²) in [7, 11) is 0. The Morgan fingerprint density at radius 3 is 2.74 bits per heavy atom. The van der Waals surface area contributed by atoms with Crippen molar-refractivity contribution >= 4 is 0 Å². The molecule has 2 saturated carbocycles. The highest BCUT2D eigenvalue weighted by molar-refractivity contribution is 5.31. The third kappa shape index (κ3) is 2.58. The Hall–Kier alpha value is -0.820. The maximum atomic E-state index is 11.0. The summed E-state index contributed by atoms with van der Waals surface area (Å²) in [4.78, 5) is 0. The Balaban J connectivity index is 1.83. The molecule has 2 unspecified atom stereocenters. The largest absolute Gasteiger partial charge is 0.385 e. The van der Waals surface area contributed by atoms with Crippen LogP contribution >= 0.6 is 0 Å². The van der Waals surface area contributed by atoms with Crippen molar-refractivity contribution in [1.82, 2.24) is 0 Å². The average molecular weight is 258 g/mol. The Bertz CT molecular complexity index is 435. The standard InChI is InChI=1S/C18H26O/c1-2-14-6-5-11-18(19,13-14)17-10-4-9-16(12-17)15-7-3-8-15/h4,9-10,12,14-15,19H,2-3,5-8,11,13H2,1H3. The molecule has 0 heterocycles. The maximum absolute atomic E-state index is 11.0. The summed E-state index contributed by atoms with van der Waals surface area (Å²) in [5, 5.41) is 11.0. The molecule has 0 aliphatic heterocycles. The Kier molecular flexibility index (Phi) is 3.66. The molecule has 2 fully saturated rings. The summed E-state index contributed by atoms with van der Waals surface area (Å²) in [5.41, 5.74) is 2.07. The van der Waals surface area contributed by atoms with Crippen LogP contribution < -0.4 is 0 Å². The lowest BCUT2D eigenvalue weighted by Crippen LogP contribution is -2.32. The van der Waals surface area contributed by atoms with E-state index in [9.17, 15) is 5.11 Å². The lowest BCUT2D eigenvalue weighted by molar-refractivity contribution is -0.0218. The van der Waals surface area contributed by atoms with E-state index < -0.39 is 5.60 Å². The van der Waals surface area contributed by atoms with E-state index in [4.69, 9.17) is 0 Å². The van der Waals surface area contributed by atoms with Gasteiger partial charge in [0.15, 0.2) is 0 Å². The van der Waals surface area contributed by atoms with Crippen molar-refractivity contribution in [3.63, 3.8) is 0 Å². The summed E-state index contributed by atoms with van der Waals surface area (Å²) in [6.45, 7) is 2.25. The van der Waals surface area contributed by atoms with Crippen molar-refractivity contribution in [2.45, 2.75) is 69.8 Å². The van der Waals surface area contributed by atoms with Crippen molar-refractivity contribution in [1.29, 1.82) is 0 Å². The molecule has 0 spiro atoms. The minimum absolute atomic E-state index is 0.557. The highest BCUT2D eigenvalue weighted by Crippen LogP contribution is 2.43. The minimum Gasteiger partial charge on any atom is -0.385 e. The third-order valence-electron chi connectivity index (χ3n) is 5.41. The molecule has 0 aromatic heterocycles. The molecular weight excluding hydrogens is 232 g/mol. The van der Waals surface area contributed by atoms with E-state index in [1.165, 1.54) is 49.7 Å². The molecule has 1 aromatic carbocycles. The van der Waals surface area contributed by atoms with Gasteiger partial charge >= 0.3 is 0 Å². The predicted molar refractivity (Wildman–Crippen MR) is 79.2 cm³/mol. The highest BCUT2D eigenvalue weighted by Gasteiger charge is 2.35. The molecule has 1 nitrogen and oxygen atoms in total. The van der Waals surface area contributed by atoms with Gasteiger partial charge in [0.2, 0.25) is 0 Å². The Morgan fingerprint density at radius 2 is 2.05 bits per heavy atom. The highest BCUT2D eigenvalue weighted by atomic mass is 16.3. The molecule has 1 N–H and O–H groups in total. The first-order chi connectivity index (χ1) is 9.21. The second-order valence-electron chi connectivity index (χ2n) is 6.66. The molecular formula is C18H26O. The molecule has 0 saturated heterocycles. The van der Waals surface area contributed by atoms with Gasteiger partial charge in [-0.1, -0.05) is 50.5 Å². The van der Waals surface area contributed by atoms with Crippen LogP contribution in [0.5, 0.6) is 0 Å². The van der Waals surface area contributed by atoms with E-state index in [0.29, 0.717) is 5.92 Å². The molecule has 2 aliphatic carbocycles. The molecule has 2 aliphatic rings.